The van der Waals surface area contributed by atoms with Crippen molar-refractivity contribution in [3.05, 3.63) is 0 Å². The average molecular weight is 172 g/mol. The maximum atomic E-state index is 5.37. The molecule has 0 aliphatic rings. The Labute approximate surface area is 77.0 Å². The van der Waals surface area contributed by atoms with Gasteiger partial charge in [-0.25, -0.2) is 0 Å². The fourth-order valence-corrected chi connectivity index (χ4v) is 0.858. The molecule has 0 atom stereocenters. The highest BCUT2D eigenvalue weighted by molar-refractivity contribution is 6.08. The van der Waals surface area contributed by atoms with Crippen LogP contribution < -0.4 is 0 Å². The molecular weight excluding hydrogens is 151 g/mol. The van der Waals surface area contributed by atoms with Gasteiger partial charge in [-0.1, -0.05) is 13.2 Å². The van der Waals surface area contributed by atoms with Gasteiger partial charge in [0.1, 0.15) is 7.85 Å². The minimum absolute atomic E-state index is 0.847. The molecule has 0 saturated heterocycles. The SMILES string of the molecule is BCCCOCCCOCCC. The molecule has 0 amide bonds. The molecule has 0 aromatic heterocycles. The highest BCUT2D eigenvalue weighted by atomic mass is 16.5. The van der Waals surface area contributed by atoms with Crippen molar-refractivity contribution in [3.63, 3.8) is 0 Å². The van der Waals surface area contributed by atoms with Crippen molar-refractivity contribution in [2.75, 3.05) is 26.4 Å². The first kappa shape index (κ1) is 12.0. The zero-order valence-corrected chi connectivity index (χ0v) is 8.47. The van der Waals surface area contributed by atoms with E-state index in [4.69, 9.17) is 9.47 Å². The van der Waals surface area contributed by atoms with Crippen LogP contribution in [0.25, 0.3) is 0 Å². The summed E-state index contributed by atoms with van der Waals surface area (Å²) in [4.78, 5) is 0. The summed E-state index contributed by atoms with van der Waals surface area (Å²) in [6.07, 6.45) is 4.53. The molecule has 0 N–H and O–H groups in total. The lowest BCUT2D eigenvalue weighted by Gasteiger charge is -2.03. The highest BCUT2D eigenvalue weighted by Crippen LogP contribution is 1.90. The van der Waals surface area contributed by atoms with E-state index < -0.39 is 0 Å². The molecule has 0 aliphatic carbocycles. The summed E-state index contributed by atoms with van der Waals surface area (Å²) in [5, 5.41) is 0. The summed E-state index contributed by atoms with van der Waals surface area (Å²) in [5.74, 6) is 0. The molecule has 2 nitrogen and oxygen atoms in total. The quantitative estimate of drug-likeness (QED) is 0.385. The molecule has 3 heteroatoms. The van der Waals surface area contributed by atoms with E-state index in [-0.39, 0.29) is 0 Å². The smallest absolute Gasteiger partial charge is 0.101 e. The molecule has 0 aromatic rings. The molecule has 0 aromatic carbocycles. The van der Waals surface area contributed by atoms with Crippen molar-refractivity contribution >= 4 is 7.85 Å². The lowest BCUT2D eigenvalue weighted by Crippen LogP contribution is -2.02. The zero-order valence-electron chi connectivity index (χ0n) is 8.47. The third kappa shape index (κ3) is 9.98. The predicted octanol–water partition coefficient (Wildman–Crippen LogP) is 1.26. The van der Waals surface area contributed by atoms with E-state index >= 15 is 0 Å². The predicted molar refractivity (Wildman–Crippen MR) is 54.5 cm³/mol. The third-order valence-corrected chi connectivity index (χ3v) is 1.57. The lowest BCUT2D eigenvalue weighted by molar-refractivity contribution is 0.0833. The van der Waals surface area contributed by atoms with Crippen molar-refractivity contribution in [2.45, 2.75) is 32.5 Å². The summed E-state index contributed by atoms with van der Waals surface area (Å²) in [6, 6.07) is 0. The van der Waals surface area contributed by atoms with Gasteiger partial charge in [0, 0.05) is 26.4 Å². The van der Waals surface area contributed by atoms with Crippen LogP contribution in [-0.4, -0.2) is 34.3 Å². The van der Waals surface area contributed by atoms with Gasteiger partial charge in [0.15, 0.2) is 0 Å². The first-order valence-electron chi connectivity index (χ1n) is 5.07. The third-order valence-electron chi connectivity index (χ3n) is 1.57. The van der Waals surface area contributed by atoms with Crippen LogP contribution in [-0.2, 0) is 9.47 Å². The van der Waals surface area contributed by atoms with Gasteiger partial charge in [-0.05, 0) is 19.3 Å². The second kappa shape index (κ2) is 11.0. The van der Waals surface area contributed by atoms with Crippen LogP contribution in [0.1, 0.15) is 26.2 Å². The number of hydrogen-bond donors (Lipinski definition) is 0. The van der Waals surface area contributed by atoms with Crippen LogP contribution in [0.4, 0.5) is 0 Å². The van der Waals surface area contributed by atoms with Crippen molar-refractivity contribution in [1.82, 2.24) is 0 Å². The Morgan fingerprint density at radius 3 is 2.08 bits per heavy atom. The van der Waals surface area contributed by atoms with Gasteiger partial charge in [0.2, 0.25) is 0 Å². The van der Waals surface area contributed by atoms with E-state index in [2.05, 4.69) is 14.8 Å². The molecule has 0 unspecified atom stereocenters. The fraction of sp³-hybridized carbons (Fsp3) is 1.00. The van der Waals surface area contributed by atoms with Crippen LogP contribution in [0.15, 0.2) is 0 Å². The molecule has 0 rings (SSSR count). The van der Waals surface area contributed by atoms with Crippen LogP contribution >= 0.6 is 0 Å². The maximum Gasteiger partial charge on any atom is 0.101 e. The van der Waals surface area contributed by atoms with E-state index in [9.17, 15) is 0 Å². The fourth-order valence-electron chi connectivity index (χ4n) is 0.858. The molecule has 72 valence electrons. The molecule has 0 saturated carbocycles. The van der Waals surface area contributed by atoms with E-state index in [1.165, 1.54) is 12.7 Å². The van der Waals surface area contributed by atoms with E-state index in [0.29, 0.717) is 0 Å². The standard InChI is InChI=1S/C9H21BO2/c1-2-6-11-8-4-9-12-7-3-5-10/h2-10H2,1H3. The van der Waals surface area contributed by atoms with Gasteiger partial charge in [-0.3, -0.25) is 0 Å². The minimum atomic E-state index is 0.847. The van der Waals surface area contributed by atoms with Gasteiger partial charge >= 0.3 is 0 Å². The molecule has 0 bridgehead atoms. The largest absolute Gasteiger partial charge is 0.381 e. The molecule has 0 fully saturated rings. The van der Waals surface area contributed by atoms with Crippen LogP contribution in [0.2, 0.25) is 6.32 Å². The average Bonchev–Trinajstić information content (AvgIpc) is 2.10. The van der Waals surface area contributed by atoms with E-state index in [0.717, 1.165) is 39.3 Å². The second-order valence-corrected chi connectivity index (χ2v) is 2.93. The van der Waals surface area contributed by atoms with Gasteiger partial charge in [-0.15, -0.1) is 0 Å². The molecule has 0 aliphatic heterocycles. The van der Waals surface area contributed by atoms with Crippen LogP contribution in [0.3, 0.4) is 0 Å². The minimum Gasteiger partial charge on any atom is -0.381 e. The summed E-state index contributed by atoms with van der Waals surface area (Å²) in [5.41, 5.74) is 0. The van der Waals surface area contributed by atoms with E-state index in [1.807, 2.05) is 0 Å². The van der Waals surface area contributed by atoms with Crippen molar-refractivity contribution in [3.8, 4) is 0 Å². The van der Waals surface area contributed by atoms with Crippen molar-refractivity contribution in [1.29, 1.82) is 0 Å². The highest BCUT2D eigenvalue weighted by Gasteiger charge is 1.88. The number of rotatable bonds is 9. The van der Waals surface area contributed by atoms with Gasteiger partial charge in [0.25, 0.3) is 0 Å². The lowest BCUT2D eigenvalue weighted by atomic mass is 10.0. The van der Waals surface area contributed by atoms with Gasteiger partial charge in [0.05, 0.1) is 0 Å². The van der Waals surface area contributed by atoms with Crippen molar-refractivity contribution < 1.29 is 9.47 Å². The molecular formula is C9H21BO2. The Hall–Kier alpha value is -0.0151. The summed E-state index contributed by atoms with van der Waals surface area (Å²) in [7, 11) is 2.17. The summed E-state index contributed by atoms with van der Waals surface area (Å²) in [6.45, 7) is 5.61. The van der Waals surface area contributed by atoms with Gasteiger partial charge < -0.3 is 9.47 Å². The number of hydrogen-bond acceptors (Lipinski definition) is 2. The normalized spacial score (nSPS) is 10.4. The summed E-state index contributed by atoms with van der Waals surface area (Å²) < 4.78 is 10.7. The monoisotopic (exact) mass is 172 g/mol. The van der Waals surface area contributed by atoms with Crippen LogP contribution in [0, 0.1) is 0 Å². The Bertz CT molecular complexity index is 68.9. The topological polar surface area (TPSA) is 18.5 Å². The zero-order chi connectivity index (χ0) is 9.07. The Morgan fingerprint density at radius 2 is 1.50 bits per heavy atom. The van der Waals surface area contributed by atoms with E-state index in [1.54, 1.807) is 0 Å². The van der Waals surface area contributed by atoms with Crippen molar-refractivity contribution in [2.24, 2.45) is 0 Å². The number of ether oxygens (including phenoxy) is 2. The Kier molecular flexibility index (Phi) is 11.0. The molecule has 12 heavy (non-hydrogen) atoms. The maximum absolute atomic E-state index is 5.37. The summed E-state index contributed by atoms with van der Waals surface area (Å²) >= 11 is 0. The second-order valence-electron chi connectivity index (χ2n) is 2.93. The Morgan fingerprint density at radius 1 is 0.917 bits per heavy atom. The first-order chi connectivity index (χ1) is 5.91. The van der Waals surface area contributed by atoms with Crippen LogP contribution in [0.5, 0.6) is 0 Å². The first-order valence-corrected chi connectivity index (χ1v) is 5.07. The van der Waals surface area contributed by atoms with Gasteiger partial charge in [-0.2, -0.15) is 0 Å². The Balaban J connectivity index is 2.73. The molecule has 0 heterocycles. The molecule has 0 spiro atoms. The molecule has 0 radical (unpaired) electrons.